The minimum absolute atomic E-state index is 0.190. The lowest BCUT2D eigenvalue weighted by atomic mass is 9.93. The molecule has 2 aliphatic carbocycles. The number of rotatable bonds is 1. The van der Waals surface area contributed by atoms with Crippen LogP contribution < -0.4 is 0 Å². The number of hydrogen-bond donors (Lipinski definition) is 0. The summed E-state index contributed by atoms with van der Waals surface area (Å²) in [5.41, 5.74) is -0.190. The molecule has 0 fully saturated rings. The predicted molar refractivity (Wildman–Crippen MR) is 34.9 cm³/mol. The fraction of sp³-hybridized carbons (Fsp3) is 0.375. The highest BCUT2D eigenvalue weighted by atomic mass is 16.1. The second-order valence-electron chi connectivity index (χ2n) is 2.82. The Hall–Kier alpha value is -0.850. The maximum absolute atomic E-state index is 10.5. The molecule has 0 aliphatic heterocycles. The fourth-order valence-corrected chi connectivity index (χ4v) is 1.53. The molecule has 0 radical (unpaired) electrons. The summed E-state index contributed by atoms with van der Waals surface area (Å²) < 4.78 is 0. The topological polar surface area (TPSA) is 17.1 Å². The highest BCUT2D eigenvalue weighted by molar-refractivity contribution is 5.69. The van der Waals surface area contributed by atoms with E-state index in [0.717, 1.165) is 12.7 Å². The van der Waals surface area contributed by atoms with Crippen molar-refractivity contribution in [2.75, 3.05) is 0 Å². The van der Waals surface area contributed by atoms with Gasteiger partial charge in [0.05, 0.1) is 5.41 Å². The van der Waals surface area contributed by atoms with E-state index in [1.54, 1.807) is 0 Å². The van der Waals surface area contributed by atoms with Crippen LogP contribution in [0.1, 0.15) is 6.42 Å². The molecule has 1 heteroatoms. The lowest BCUT2D eigenvalue weighted by molar-refractivity contribution is -0.112. The summed E-state index contributed by atoms with van der Waals surface area (Å²) in [7, 11) is 0. The Bertz CT molecular complexity index is 187. The third kappa shape index (κ3) is 0.517. The first kappa shape index (κ1) is 4.98. The molecule has 2 aliphatic rings. The van der Waals surface area contributed by atoms with Crippen LogP contribution in [0.4, 0.5) is 0 Å². The first-order chi connectivity index (χ1) is 4.35. The molecule has 0 heterocycles. The number of allylic oxidation sites excluding steroid dienone is 4. The van der Waals surface area contributed by atoms with Gasteiger partial charge >= 0.3 is 0 Å². The fourth-order valence-electron chi connectivity index (χ4n) is 1.53. The predicted octanol–water partition coefficient (Wildman–Crippen LogP) is 1.32. The third-order valence-electron chi connectivity index (χ3n) is 2.12. The van der Waals surface area contributed by atoms with E-state index in [9.17, 15) is 4.79 Å². The summed E-state index contributed by atoms with van der Waals surface area (Å²) in [5.74, 6) is 0.551. The van der Waals surface area contributed by atoms with E-state index in [1.807, 2.05) is 12.2 Å². The standard InChI is InChI=1S/C8H8O/c9-6-8-3-1-7(5-8)2-4-8/h1-4,6-7H,5H2. The van der Waals surface area contributed by atoms with Crippen LogP contribution in [0.5, 0.6) is 0 Å². The molecule has 0 aromatic carbocycles. The molecule has 0 atom stereocenters. The van der Waals surface area contributed by atoms with Crippen LogP contribution in [0.3, 0.4) is 0 Å². The van der Waals surface area contributed by atoms with Crippen LogP contribution in [-0.4, -0.2) is 6.29 Å². The molecule has 9 heavy (non-hydrogen) atoms. The summed E-state index contributed by atoms with van der Waals surface area (Å²) in [6, 6.07) is 0. The maximum Gasteiger partial charge on any atom is 0.133 e. The third-order valence-corrected chi connectivity index (χ3v) is 2.12. The van der Waals surface area contributed by atoms with Crippen LogP contribution in [0, 0.1) is 11.3 Å². The Kier molecular flexibility index (Phi) is 0.747. The zero-order valence-corrected chi connectivity index (χ0v) is 5.08. The zero-order valence-electron chi connectivity index (χ0n) is 5.08. The van der Waals surface area contributed by atoms with Crippen molar-refractivity contribution in [3.05, 3.63) is 24.3 Å². The molecule has 0 aromatic heterocycles. The smallest absolute Gasteiger partial charge is 0.133 e. The van der Waals surface area contributed by atoms with E-state index in [-0.39, 0.29) is 5.41 Å². The van der Waals surface area contributed by atoms with Crippen molar-refractivity contribution in [1.29, 1.82) is 0 Å². The van der Waals surface area contributed by atoms with E-state index in [4.69, 9.17) is 0 Å². The van der Waals surface area contributed by atoms with Gasteiger partial charge in [-0.15, -0.1) is 0 Å². The van der Waals surface area contributed by atoms with Gasteiger partial charge in [0.1, 0.15) is 6.29 Å². The highest BCUT2D eigenvalue weighted by Crippen LogP contribution is 2.41. The highest BCUT2D eigenvalue weighted by Gasteiger charge is 2.35. The molecule has 0 unspecified atom stereocenters. The van der Waals surface area contributed by atoms with Crippen molar-refractivity contribution in [1.82, 2.24) is 0 Å². The number of aldehydes is 1. The Morgan fingerprint density at radius 2 is 2.11 bits per heavy atom. The quantitative estimate of drug-likeness (QED) is 0.376. The Morgan fingerprint density at radius 1 is 1.44 bits per heavy atom. The summed E-state index contributed by atoms with van der Waals surface area (Å²) in [4.78, 5) is 10.5. The van der Waals surface area contributed by atoms with Crippen LogP contribution in [-0.2, 0) is 4.79 Å². The SMILES string of the molecule is O=CC12C=CC(C=C1)C2. The Labute approximate surface area is 54.1 Å². The minimum atomic E-state index is -0.190. The summed E-state index contributed by atoms with van der Waals surface area (Å²) in [6.07, 6.45) is 10.2. The summed E-state index contributed by atoms with van der Waals surface area (Å²) in [6.45, 7) is 0. The molecule has 0 amide bonds. The van der Waals surface area contributed by atoms with Crippen molar-refractivity contribution in [3.63, 3.8) is 0 Å². The first-order valence-corrected chi connectivity index (χ1v) is 3.20. The molecule has 0 aromatic rings. The van der Waals surface area contributed by atoms with Crippen LogP contribution in [0.2, 0.25) is 0 Å². The maximum atomic E-state index is 10.5. The summed E-state index contributed by atoms with van der Waals surface area (Å²) >= 11 is 0. The van der Waals surface area contributed by atoms with Gasteiger partial charge in [0.15, 0.2) is 0 Å². The van der Waals surface area contributed by atoms with Gasteiger partial charge in [-0.2, -0.15) is 0 Å². The zero-order chi connectivity index (χ0) is 6.32. The molecule has 0 saturated carbocycles. The van der Waals surface area contributed by atoms with Crippen molar-refractivity contribution < 1.29 is 4.79 Å². The second-order valence-corrected chi connectivity index (χ2v) is 2.82. The average Bonchev–Trinajstić information content (AvgIpc) is 2.46. The van der Waals surface area contributed by atoms with E-state index >= 15 is 0 Å². The molecule has 0 N–H and O–H groups in total. The normalized spacial score (nSPS) is 44.2. The van der Waals surface area contributed by atoms with Gasteiger partial charge in [-0.1, -0.05) is 24.3 Å². The number of carbonyl (C=O) groups excluding carboxylic acids is 1. The first-order valence-electron chi connectivity index (χ1n) is 3.20. The summed E-state index contributed by atoms with van der Waals surface area (Å²) in [5, 5.41) is 0. The van der Waals surface area contributed by atoms with Crippen molar-refractivity contribution in [2.24, 2.45) is 11.3 Å². The molecular weight excluding hydrogens is 112 g/mol. The monoisotopic (exact) mass is 120 g/mol. The molecule has 46 valence electrons. The second kappa shape index (κ2) is 1.35. The van der Waals surface area contributed by atoms with Crippen molar-refractivity contribution >= 4 is 6.29 Å². The number of carbonyl (C=O) groups is 1. The average molecular weight is 120 g/mol. The van der Waals surface area contributed by atoms with Gasteiger partial charge in [0.2, 0.25) is 0 Å². The molecular formula is C8H8O. The molecule has 0 spiro atoms. The molecule has 2 rings (SSSR count). The van der Waals surface area contributed by atoms with Crippen LogP contribution in [0.25, 0.3) is 0 Å². The van der Waals surface area contributed by atoms with Gasteiger partial charge in [0, 0.05) is 0 Å². The van der Waals surface area contributed by atoms with Crippen molar-refractivity contribution in [2.45, 2.75) is 6.42 Å². The molecule has 2 bridgehead atoms. The van der Waals surface area contributed by atoms with E-state index in [1.165, 1.54) is 0 Å². The van der Waals surface area contributed by atoms with Gasteiger partial charge in [-0.25, -0.2) is 0 Å². The Morgan fingerprint density at radius 3 is 2.33 bits per heavy atom. The van der Waals surface area contributed by atoms with E-state index in [0.29, 0.717) is 5.92 Å². The number of fused-ring (bicyclic) bond motifs is 2. The van der Waals surface area contributed by atoms with Crippen LogP contribution in [0.15, 0.2) is 24.3 Å². The van der Waals surface area contributed by atoms with Gasteiger partial charge < -0.3 is 4.79 Å². The minimum Gasteiger partial charge on any atom is -0.302 e. The van der Waals surface area contributed by atoms with Gasteiger partial charge in [-0.3, -0.25) is 0 Å². The Balaban J connectivity index is 2.42. The van der Waals surface area contributed by atoms with Crippen molar-refractivity contribution in [3.8, 4) is 0 Å². The molecule has 0 saturated heterocycles. The van der Waals surface area contributed by atoms with Crippen LogP contribution >= 0.6 is 0 Å². The molecule has 1 nitrogen and oxygen atoms in total. The van der Waals surface area contributed by atoms with E-state index < -0.39 is 0 Å². The van der Waals surface area contributed by atoms with E-state index in [2.05, 4.69) is 12.2 Å². The van der Waals surface area contributed by atoms with Gasteiger partial charge in [0.25, 0.3) is 0 Å². The lowest BCUT2D eigenvalue weighted by Crippen LogP contribution is -2.10. The lowest BCUT2D eigenvalue weighted by Gasteiger charge is -2.08. The largest absolute Gasteiger partial charge is 0.302 e. The van der Waals surface area contributed by atoms with Gasteiger partial charge in [-0.05, 0) is 12.3 Å². The number of hydrogen-bond acceptors (Lipinski definition) is 1.